The predicted molar refractivity (Wildman–Crippen MR) is 86.6 cm³/mol. The molecule has 0 aliphatic carbocycles. The molecule has 2 rings (SSSR count). The van der Waals surface area contributed by atoms with E-state index in [-0.39, 0.29) is 18.2 Å². The van der Waals surface area contributed by atoms with Crippen LogP contribution in [0.2, 0.25) is 0 Å². The highest BCUT2D eigenvalue weighted by Gasteiger charge is 2.35. The highest BCUT2D eigenvalue weighted by Crippen LogP contribution is 2.26. The van der Waals surface area contributed by atoms with Crippen molar-refractivity contribution in [2.75, 3.05) is 20.1 Å². The zero-order chi connectivity index (χ0) is 16.7. The van der Waals surface area contributed by atoms with E-state index in [1.165, 1.54) is 0 Å². The number of hydrogen-bond donors (Lipinski definition) is 2. The molecule has 0 spiro atoms. The first-order valence-electron chi connectivity index (χ1n) is 8.12. The van der Waals surface area contributed by atoms with E-state index in [1.807, 2.05) is 12.1 Å². The molecule has 2 N–H and O–H groups in total. The van der Waals surface area contributed by atoms with E-state index in [4.69, 9.17) is 0 Å². The molecule has 0 aromatic carbocycles. The molecule has 126 valence electrons. The fourth-order valence-electron chi connectivity index (χ4n) is 2.96. The number of nitrogens with zero attached hydrogens (tertiary/aromatic N) is 2. The van der Waals surface area contributed by atoms with Gasteiger partial charge in [0.25, 0.3) is 0 Å². The van der Waals surface area contributed by atoms with Crippen LogP contribution in [0.15, 0.2) is 24.5 Å². The van der Waals surface area contributed by atoms with Crippen molar-refractivity contribution in [2.24, 2.45) is 0 Å². The van der Waals surface area contributed by atoms with Gasteiger partial charge in [0.05, 0.1) is 5.60 Å². The molecule has 1 aliphatic rings. The number of rotatable bonds is 6. The average Bonchev–Trinajstić information content (AvgIpc) is 2.58. The number of pyridine rings is 1. The number of hydrogen-bond acceptors (Lipinski definition) is 4. The maximum Gasteiger partial charge on any atom is 0.223 e. The van der Waals surface area contributed by atoms with Crippen LogP contribution in [0.25, 0.3) is 0 Å². The van der Waals surface area contributed by atoms with Crippen molar-refractivity contribution < 1.29 is 14.7 Å². The largest absolute Gasteiger partial charge is 0.388 e. The molecular weight excluding hydrogens is 294 g/mol. The second-order valence-corrected chi connectivity index (χ2v) is 6.18. The second-order valence-electron chi connectivity index (χ2n) is 6.18. The minimum absolute atomic E-state index is 0.0481. The molecule has 1 aliphatic heterocycles. The predicted octanol–water partition coefficient (Wildman–Crippen LogP) is 0.894. The first-order valence-corrected chi connectivity index (χ1v) is 8.12. The van der Waals surface area contributed by atoms with Crippen molar-refractivity contribution >= 4 is 11.8 Å². The monoisotopic (exact) mass is 319 g/mol. The number of amides is 2. The normalized spacial score (nSPS) is 21.0. The summed E-state index contributed by atoms with van der Waals surface area (Å²) in [5, 5.41) is 13.2. The molecule has 1 aromatic rings. The van der Waals surface area contributed by atoms with E-state index in [2.05, 4.69) is 10.3 Å². The van der Waals surface area contributed by atoms with E-state index in [9.17, 15) is 14.7 Å². The summed E-state index contributed by atoms with van der Waals surface area (Å²) in [6.45, 7) is 0.990. The van der Waals surface area contributed by atoms with Gasteiger partial charge in [0.1, 0.15) is 0 Å². The molecule has 1 atom stereocenters. The lowest BCUT2D eigenvalue weighted by atomic mass is 9.88. The number of nitrogens with one attached hydrogen (secondary N) is 1. The molecule has 1 aromatic heterocycles. The molecule has 23 heavy (non-hydrogen) atoms. The number of carbonyl (C=O) groups is 2. The summed E-state index contributed by atoms with van der Waals surface area (Å²) in [6, 6.07) is 3.81. The molecule has 6 heteroatoms. The van der Waals surface area contributed by atoms with Crippen LogP contribution < -0.4 is 5.32 Å². The smallest absolute Gasteiger partial charge is 0.223 e. The molecule has 1 saturated heterocycles. The van der Waals surface area contributed by atoms with Crippen LogP contribution in [0.3, 0.4) is 0 Å². The zero-order valence-electron chi connectivity index (χ0n) is 13.6. The van der Waals surface area contributed by atoms with Crippen molar-refractivity contribution in [1.82, 2.24) is 15.2 Å². The summed E-state index contributed by atoms with van der Waals surface area (Å²) in [6.07, 6.45) is 6.62. The van der Waals surface area contributed by atoms with E-state index >= 15 is 0 Å². The van der Waals surface area contributed by atoms with Crippen LogP contribution in [-0.4, -0.2) is 52.5 Å². The van der Waals surface area contributed by atoms with Gasteiger partial charge in [-0.15, -0.1) is 0 Å². The molecule has 2 amide bonds. The van der Waals surface area contributed by atoms with E-state index in [0.717, 1.165) is 12.0 Å². The maximum absolute atomic E-state index is 12.4. The fraction of sp³-hybridized carbons (Fsp3) is 0.588. The van der Waals surface area contributed by atoms with Gasteiger partial charge < -0.3 is 15.3 Å². The third kappa shape index (κ3) is 5.32. The third-order valence-electron chi connectivity index (χ3n) is 4.35. The minimum Gasteiger partial charge on any atom is -0.388 e. The SMILES string of the molecule is CNC(=O)CC[C@]1(O)CCCN(C(=O)CCc2cccnc2)C1. The zero-order valence-corrected chi connectivity index (χ0v) is 13.6. The van der Waals surface area contributed by atoms with Crippen molar-refractivity contribution in [1.29, 1.82) is 0 Å². The number of aryl methyl sites for hydroxylation is 1. The quantitative estimate of drug-likeness (QED) is 0.816. The van der Waals surface area contributed by atoms with Crippen LogP contribution >= 0.6 is 0 Å². The van der Waals surface area contributed by atoms with Gasteiger partial charge in [-0.2, -0.15) is 0 Å². The molecule has 0 saturated carbocycles. The van der Waals surface area contributed by atoms with Crippen LogP contribution in [-0.2, 0) is 16.0 Å². The van der Waals surface area contributed by atoms with Gasteiger partial charge >= 0.3 is 0 Å². The van der Waals surface area contributed by atoms with Gasteiger partial charge in [-0.3, -0.25) is 14.6 Å². The number of likely N-dealkylation sites (tertiary alicyclic amines) is 1. The van der Waals surface area contributed by atoms with E-state index in [1.54, 1.807) is 24.3 Å². The van der Waals surface area contributed by atoms with Gasteiger partial charge in [-0.1, -0.05) is 6.07 Å². The summed E-state index contributed by atoms with van der Waals surface area (Å²) in [5.74, 6) is -0.0367. The van der Waals surface area contributed by atoms with E-state index < -0.39 is 5.60 Å². The Morgan fingerprint density at radius 3 is 2.96 bits per heavy atom. The highest BCUT2D eigenvalue weighted by atomic mass is 16.3. The Morgan fingerprint density at radius 1 is 1.43 bits per heavy atom. The number of carbonyl (C=O) groups excluding carboxylic acids is 2. The lowest BCUT2D eigenvalue weighted by molar-refractivity contribution is -0.139. The van der Waals surface area contributed by atoms with Crippen molar-refractivity contribution in [3.05, 3.63) is 30.1 Å². The number of β-amino-alcohol motifs (C(OH)–C–C–N with tert-alkyl or cyclic N) is 1. The number of aromatic nitrogens is 1. The fourth-order valence-corrected chi connectivity index (χ4v) is 2.96. The Kier molecular flexibility index (Phi) is 6.10. The second kappa shape index (κ2) is 8.06. The molecule has 2 heterocycles. The highest BCUT2D eigenvalue weighted by molar-refractivity contribution is 5.77. The Balaban J connectivity index is 1.84. The van der Waals surface area contributed by atoms with Crippen LogP contribution in [0, 0.1) is 0 Å². The number of aliphatic hydroxyl groups is 1. The minimum atomic E-state index is -0.950. The maximum atomic E-state index is 12.4. The summed E-state index contributed by atoms with van der Waals surface area (Å²) in [4.78, 5) is 29.5. The average molecular weight is 319 g/mol. The van der Waals surface area contributed by atoms with Gasteiger partial charge in [-0.05, 0) is 37.3 Å². The standard InChI is InChI=1S/C17H25N3O3/c1-18-15(21)7-9-17(23)8-3-11-20(13-17)16(22)6-5-14-4-2-10-19-12-14/h2,4,10,12,23H,3,5-9,11,13H2,1H3,(H,18,21)/t17-/m1/s1. The van der Waals surface area contributed by atoms with Crippen LogP contribution in [0.5, 0.6) is 0 Å². The summed E-state index contributed by atoms with van der Waals surface area (Å²) in [7, 11) is 1.58. The Morgan fingerprint density at radius 2 is 2.26 bits per heavy atom. The van der Waals surface area contributed by atoms with Crippen LogP contribution in [0.4, 0.5) is 0 Å². The molecule has 6 nitrogen and oxygen atoms in total. The van der Waals surface area contributed by atoms with Crippen LogP contribution in [0.1, 0.15) is 37.7 Å². The van der Waals surface area contributed by atoms with Gasteiger partial charge in [0, 0.05) is 45.4 Å². The molecule has 0 unspecified atom stereocenters. The molecule has 0 bridgehead atoms. The lowest BCUT2D eigenvalue weighted by Gasteiger charge is -2.39. The first kappa shape index (κ1) is 17.4. The third-order valence-corrected chi connectivity index (χ3v) is 4.35. The topological polar surface area (TPSA) is 82.5 Å². The molecule has 1 fully saturated rings. The lowest BCUT2D eigenvalue weighted by Crippen LogP contribution is -2.50. The Bertz CT molecular complexity index is 535. The Hall–Kier alpha value is -1.95. The Labute approximate surface area is 136 Å². The summed E-state index contributed by atoms with van der Waals surface area (Å²) < 4.78 is 0. The van der Waals surface area contributed by atoms with Crippen molar-refractivity contribution in [3.8, 4) is 0 Å². The molecule has 0 radical (unpaired) electrons. The van der Waals surface area contributed by atoms with Crippen molar-refractivity contribution in [2.45, 2.75) is 44.1 Å². The van der Waals surface area contributed by atoms with E-state index in [0.29, 0.717) is 38.8 Å². The summed E-state index contributed by atoms with van der Waals surface area (Å²) >= 11 is 0. The van der Waals surface area contributed by atoms with Crippen molar-refractivity contribution in [3.63, 3.8) is 0 Å². The summed E-state index contributed by atoms with van der Waals surface area (Å²) in [5.41, 5.74) is 0.0853. The first-order chi connectivity index (χ1) is 11.0. The number of piperidine rings is 1. The van der Waals surface area contributed by atoms with Gasteiger partial charge in [0.15, 0.2) is 0 Å². The van der Waals surface area contributed by atoms with Gasteiger partial charge in [0.2, 0.25) is 11.8 Å². The molecular formula is C17H25N3O3. The van der Waals surface area contributed by atoms with Gasteiger partial charge in [-0.25, -0.2) is 0 Å².